The third kappa shape index (κ3) is 4.82. The van der Waals surface area contributed by atoms with Gasteiger partial charge in [0.15, 0.2) is 11.5 Å². The second kappa shape index (κ2) is 10.4. The zero-order chi connectivity index (χ0) is 18.7. The molecule has 2 N–H and O–H groups in total. The van der Waals surface area contributed by atoms with Crippen LogP contribution in [0.5, 0.6) is 11.5 Å². The maximum atomic E-state index is 10.8. The van der Waals surface area contributed by atoms with Crippen LogP contribution < -0.4 is 9.75 Å². The average Bonchev–Trinajstić information content (AvgIpc) is 3.09. The number of rotatable bonds is 7. The van der Waals surface area contributed by atoms with Gasteiger partial charge in [0, 0.05) is 6.04 Å². The number of hydrogen-bond donors (Lipinski definition) is 2. The van der Waals surface area contributed by atoms with E-state index in [9.17, 15) is 10.2 Å². The lowest BCUT2D eigenvalue weighted by Crippen LogP contribution is -2.44. The first-order valence-corrected chi connectivity index (χ1v) is 8.79. The molecule has 154 valence electrons. The molecule has 3 aromatic rings. The second-order valence-corrected chi connectivity index (χ2v) is 6.40. The van der Waals surface area contributed by atoms with Crippen LogP contribution in [0.4, 0.5) is 0 Å². The van der Waals surface area contributed by atoms with E-state index in [1.807, 2.05) is 28.9 Å². The van der Waals surface area contributed by atoms with Crippen molar-refractivity contribution >= 4 is 35.8 Å². The quantitative estimate of drug-likeness (QED) is 0.594. The van der Waals surface area contributed by atoms with E-state index < -0.39 is 6.10 Å². The van der Waals surface area contributed by atoms with Crippen molar-refractivity contribution in [1.82, 2.24) is 9.66 Å². The summed E-state index contributed by atoms with van der Waals surface area (Å²) in [6, 6.07) is 13.1. The number of aliphatic hydroxyl groups is 1. The lowest BCUT2D eigenvalue weighted by molar-refractivity contribution is 0.171. The molecule has 0 aliphatic rings. The van der Waals surface area contributed by atoms with E-state index in [4.69, 9.17) is 4.74 Å². The monoisotopic (exact) mass is 427 g/mol. The van der Waals surface area contributed by atoms with Gasteiger partial charge in [-0.2, -0.15) is 0 Å². The van der Waals surface area contributed by atoms with Crippen LogP contribution >= 0.6 is 24.8 Å². The third-order valence-electron chi connectivity index (χ3n) is 4.76. The molecule has 0 saturated carbocycles. The van der Waals surface area contributed by atoms with Crippen LogP contribution in [0.1, 0.15) is 31.9 Å². The van der Waals surface area contributed by atoms with Crippen LogP contribution in [0, 0.1) is 0 Å². The van der Waals surface area contributed by atoms with Gasteiger partial charge in [-0.15, -0.1) is 24.8 Å². The van der Waals surface area contributed by atoms with E-state index in [1.54, 1.807) is 18.5 Å². The van der Waals surface area contributed by atoms with Gasteiger partial charge in [0.05, 0.1) is 30.8 Å². The fourth-order valence-electron chi connectivity index (χ4n) is 3.03. The van der Waals surface area contributed by atoms with Crippen LogP contribution in [0.15, 0.2) is 48.8 Å². The molecule has 8 heteroatoms. The van der Waals surface area contributed by atoms with Gasteiger partial charge in [-0.05, 0) is 43.2 Å². The summed E-state index contributed by atoms with van der Waals surface area (Å²) in [5.41, 5.74) is 2.61. The van der Waals surface area contributed by atoms with Crippen LogP contribution in [0.3, 0.4) is 0 Å². The van der Waals surface area contributed by atoms with Crippen LogP contribution in [0.25, 0.3) is 11.0 Å². The van der Waals surface area contributed by atoms with Crippen LogP contribution in [0.2, 0.25) is 0 Å². The molecular weight excluding hydrogens is 401 g/mol. The Hall–Kier alpha value is -2.15. The Balaban J connectivity index is 0.00000196. The lowest BCUT2D eigenvalue weighted by atomic mass is 10.1. The number of phenolic OH excluding ortho intramolecular Hbond substituents is 1. The third-order valence-corrected chi connectivity index (χ3v) is 4.76. The first-order chi connectivity index (χ1) is 12.5. The van der Waals surface area contributed by atoms with Gasteiger partial charge in [-0.25, -0.2) is 9.66 Å². The Morgan fingerprint density at radius 3 is 2.57 bits per heavy atom. The van der Waals surface area contributed by atoms with Crippen molar-refractivity contribution in [1.29, 1.82) is 0 Å². The molecule has 0 radical (unpaired) electrons. The number of aromatic nitrogens is 2. The number of ether oxygens (including phenoxy) is 1. The molecule has 0 aliphatic carbocycles. The molecule has 0 fully saturated rings. The highest BCUT2D eigenvalue weighted by molar-refractivity contribution is 5.85. The Kier molecular flexibility index (Phi) is 8.88. The fourth-order valence-corrected chi connectivity index (χ4v) is 3.03. The summed E-state index contributed by atoms with van der Waals surface area (Å²) in [7, 11) is 1.49. The molecular formula is C20H27Cl2N3O3. The number of halogens is 2. The molecule has 0 bridgehead atoms. The number of aromatic hydroxyl groups is 1. The molecule has 0 amide bonds. The number of aliphatic hydroxyl groups excluding tert-OH is 1. The zero-order valence-electron chi connectivity index (χ0n) is 16.1. The Bertz CT molecular complexity index is 888. The number of methoxy groups -OCH3 is 1. The Morgan fingerprint density at radius 1 is 1.18 bits per heavy atom. The van der Waals surface area contributed by atoms with Gasteiger partial charge < -0.3 is 20.0 Å². The minimum atomic E-state index is -0.736. The standard InChI is InChI=1S/C20H25N3O3.2ClH/c1-4-14(2)22(23-13-21-16-7-5-6-8-17(16)23)12-19(25)15-9-10-18(24)20(11-15)26-3;;/h5-11,13-14,19,24-25H,4,12H2,1-3H3;2*1H. The van der Waals surface area contributed by atoms with E-state index in [2.05, 4.69) is 23.8 Å². The molecule has 2 atom stereocenters. The van der Waals surface area contributed by atoms with Gasteiger partial charge in [0.1, 0.15) is 6.33 Å². The van der Waals surface area contributed by atoms with Crippen molar-refractivity contribution in [2.24, 2.45) is 0 Å². The van der Waals surface area contributed by atoms with E-state index in [0.29, 0.717) is 17.9 Å². The summed E-state index contributed by atoms with van der Waals surface area (Å²) in [4.78, 5) is 4.46. The molecule has 3 rings (SSSR count). The molecule has 2 unspecified atom stereocenters. The van der Waals surface area contributed by atoms with Crippen molar-refractivity contribution in [2.45, 2.75) is 32.4 Å². The van der Waals surface area contributed by atoms with E-state index >= 15 is 0 Å². The smallest absolute Gasteiger partial charge is 0.160 e. The predicted octanol–water partition coefficient (Wildman–Crippen LogP) is 4.06. The highest BCUT2D eigenvalue weighted by atomic mass is 35.5. The summed E-state index contributed by atoms with van der Waals surface area (Å²) in [5.74, 6) is 0.410. The largest absolute Gasteiger partial charge is 0.504 e. The Morgan fingerprint density at radius 2 is 1.89 bits per heavy atom. The minimum Gasteiger partial charge on any atom is -0.504 e. The molecule has 2 aromatic carbocycles. The van der Waals surface area contributed by atoms with Crippen molar-refractivity contribution in [2.75, 3.05) is 18.7 Å². The fraction of sp³-hybridized carbons (Fsp3) is 0.350. The van der Waals surface area contributed by atoms with Gasteiger partial charge in [0.2, 0.25) is 0 Å². The number of hydrogen-bond acceptors (Lipinski definition) is 5. The highest BCUT2D eigenvalue weighted by Gasteiger charge is 2.21. The topological polar surface area (TPSA) is 70.8 Å². The number of benzene rings is 2. The van der Waals surface area contributed by atoms with Gasteiger partial charge in [-0.3, -0.25) is 0 Å². The van der Waals surface area contributed by atoms with Crippen molar-refractivity contribution in [3.8, 4) is 11.5 Å². The summed E-state index contributed by atoms with van der Waals surface area (Å²) in [6.45, 7) is 4.63. The SMILES string of the molecule is CCC(C)N(CC(O)c1ccc(O)c(OC)c1)n1cnc2ccccc21.Cl.Cl. The normalized spacial score (nSPS) is 12.6. The number of fused-ring (bicyclic) bond motifs is 1. The number of para-hydroxylation sites is 2. The van der Waals surface area contributed by atoms with Crippen LogP contribution in [-0.4, -0.2) is 39.6 Å². The summed E-state index contributed by atoms with van der Waals surface area (Å²) in [5, 5.41) is 22.7. The Labute approximate surface area is 177 Å². The maximum Gasteiger partial charge on any atom is 0.160 e. The summed E-state index contributed by atoms with van der Waals surface area (Å²) < 4.78 is 7.15. The van der Waals surface area contributed by atoms with Gasteiger partial charge in [-0.1, -0.05) is 25.1 Å². The minimum absolute atomic E-state index is 0. The van der Waals surface area contributed by atoms with Crippen LogP contribution in [-0.2, 0) is 0 Å². The van der Waals surface area contributed by atoms with Gasteiger partial charge >= 0.3 is 0 Å². The molecule has 6 nitrogen and oxygen atoms in total. The number of nitrogens with zero attached hydrogens (tertiary/aromatic N) is 3. The molecule has 0 aliphatic heterocycles. The molecule has 28 heavy (non-hydrogen) atoms. The first kappa shape index (κ1) is 23.9. The first-order valence-electron chi connectivity index (χ1n) is 8.79. The zero-order valence-corrected chi connectivity index (χ0v) is 17.8. The molecule has 1 heterocycles. The highest BCUT2D eigenvalue weighted by Crippen LogP contribution is 2.29. The number of phenols is 1. The number of imidazole rings is 1. The maximum absolute atomic E-state index is 10.8. The lowest BCUT2D eigenvalue weighted by Gasteiger charge is -2.33. The second-order valence-electron chi connectivity index (χ2n) is 6.40. The predicted molar refractivity (Wildman–Crippen MR) is 117 cm³/mol. The molecule has 1 aromatic heterocycles. The van der Waals surface area contributed by atoms with Gasteiger partial charge in [0.25, 0.3) is 0 Å². The van der Waals surface area contributed by atoms with Crippen molar-refractivity contribution in [3.63, 3.8) is 0 Å². The van der Waals surface area contributed by atoms with Crippen molar-refractivity contribution < 1.29 is 14.9 Å². The van der Waals surface area contributed by atoms with Crippen molar-refractivity contribution in [3.05, 3.63) is 54.4 Å². The summed E-state index contributed by atoms with van der Waals surface area (Å²) >= 11 is 0. The summed E-state index contributed by atoms with van der Waals surface area (Å²) in [6.07, 6.45) is 1.98. The van der Waals surface area contributed by atoms with E-state index in [1.165, 1.54) is 13.2 Å². The average molecular weight is 428 g/mol. The van der Waals surface area contributed by atoms with E-state index in [-0.39, 0.29) is 36.6 Å². The van der Waals surface area contributed by atoms with E-state index in [0.717, 1.165) is 17.5 Å². The molecule has 0 saturated heterocycles. The molecule has 0 spiro atoms.